The molecule has 0 radical (unpaired) electrons. The number of carbonyl (C=O) groups excluding carboxylic acids is 1. The van der Waals surface area contributed by atoms with Crippen LogP contribution in [0.1, 0.15) is 18.4 Å². The number of aromatic nitrogens is 1. The van der Waals surface area contributed by atoms with E-state index in [9.17, 15) is 22.4 Å². The number of amides is 1. The van der Waals surface area contributed by atoms with Crippen molar-refractivity contribution in [1.82, 2.24) is 4.98 Å². The van der Waals surface area contributed by atoms with Crippen LogP contribution in [0.3, 0.4) is 0 Å². The molecule has 0 saturated carbocycles. The van der Waals surface area contributed by atoms with E-state index >= 15 is 0 Å². The van der Waals surface area contributed by atoms with Crippen molar-refractivity contribution in [3.8, 4) is 0 Å². The third kappa shape index (κ3) is 4.34. The molecule has 4 nitrogen and oxygen atoms in total. The monoisotopic (exact) mass is 423 g/mol. The molecule has 1 aromatic heterocycles. The number of benzene rings is 2. The van der Waals surface area contributed by atoms with Gasteiger partial charge in [0.25, 0.3) is 0 Å². The molecule has 1 N–H and O–H groups in total. The highest BCUT2D eigenvalue weighted by molar-refractivity contribution is 7.22. The van der Waals surface area contributed by atoms with Crippen LogP contribution in [0.25, 0.3) is 10.2 Å². The Kier molecular flexibility index (Phi) is 5.16. The second-order valence-corrected chi connectivity index (χ2v) is 7.95. The van der Waals surface area contributed by atoms with Gasteiger partial charge in [-0.25, -0.2) is 9.37 Å². The molecule has 29 heavy (non-hydrogen) atoms. The number of thiazole rings is 1. The Morgan fingerprint density at radius 3 is 2.62 bits per heavy atom. The number of nitrogens with zero attached hydrogens (tertiary/aromatic N) is 2. The van der Waals surface area contributed by atoms with Crippen molar-refractivity contribution in [2.75, 3.05) is 23.3 Å². The van der Waals surface area contributed by atoms with Crippen molar-refractivity contribution in [3.63, 3.8) is 0 Å². The molecule has 4 rings (SSSR count). The fourth-order valence-electron chi connectivity index (χ4n) is 3.37. The Morgan fingerprint density at radius 1 is 1.14 bits per heavy atom. The average molecular weight is 423 g/mol. The van der Waals surface area contributed by atoms with E-state index in [2.05, 4.69) is 15.2 Å². The van der Waals surface area contributed by atoms with Crippen LogP contribution in [0.15, 0.2) is 42.5 Å². The van der Waals surface area contributed by atoms with E-state index in [0.29, 0.717) is 25.9 Å². The minimum atomic E-state index is -4.45. The smallest absolute Gasteiger partial charge is 0.348 e. The summed E-state index contributed by atoms with van der Waals surface area (Å²) >= 11 is 1.40. The van der Waals surface area contributed by atoms with E-state index < -0.39 is 11.7 Å². The quantitative estimate of drug-likeness (QED) is 0.581. The lowest BCUT2D eigenvalue weighted by Crippen LogP contribution is -2.38. The number of nitrogens with one attached hydrogen (secondary N) is 1. The second kappa shape index (κ2) is 7.62. The maximum atomic E-state index is 13.4. The normalized spacial score (nSPS) is 15.7. The highest BCUT2D eigenvalue weighted by atomic mass is 32.1. The lowest BCUT2D eigenvalue weighted by molar-refractivity contribution is -0.137. The van der Waals surface area contributed by atoms with Crippen LogP contribution < -0.4 is 10.2 Å². The van der Waals surface area contributed by atoms with Crippen molar-refractivity contribution in [1.29, 1.82) is 0 Å². The largest absolute Gasteiger partial charge is 0.416 e. The second-order valence-electron chi connectivity index (χ2n) is 6.94. The number of anilines is 2. The Balaban J connectivity index is 1.38. The minimum absolute atomic E-state index is 0.139. The summed E-state index contributed by atoms with van der Waals surface area (Å²) in [5.41, 5.74) is 0.0775. The fraction of sp³-hybridized carbons (Fsp3) is 0.300. The molecule has 3 aromatic rings. The van der Waals surface area contributed by atoms with Gasteiger partial charge in [0.2, 0.25) is 5.91 Å². The maximum Gasteiger partial charge on any atom is 0.416 e. The number of hydrogen-bond acceptors (Lipinski definition) is 4. The van der Waals surface area contributed by atoms with E-state index in [1.165, 1.54) is 35.6 Å². The summed E-state index contributed by atoms with van der Waals surface area (Å²) in [6.45, 7) is 1.20. The first-order chi connectivity index (χ1) is 13.8. The fourth-order valence-corrected chi connectivity index (χ4v) is 4.41. The van der Waals surface area contributed by atoms with Gasteiger partial charge in [-0.3, -0.25) is 4.79 Å². The average Bonchev–Trinajstić information content (AvgIpc) is 3.11. The summed E-state index contributed by atoms with van der Waals surface area (Å²) < 4.78 is 52.6. The molecule has 1 amide bonds. The zero-order chi connectivity index (χ0) is 20.6. The van der Waals surface area contributed by atoms with Gasteiger partial charge in [0, 0.05) is 24.7 Å². The van der Waals surface area contributed by atoms with E-state index in [1.54, 1.807) is 6.07 Å². The molecule has 1 aliphatic heterocycles. The van der Waals surface area contributed by atoms with Crippen molar-refractivity contribution < 1.29 is 22.4 Å². The lowest BCUT2D eigenvalue weighted by atomic mass is 9.96. The first kappa shape index (κ1) is 19.6. The SMILES string of the molecule is O=C(Nc1cccc(C(F)(F)F)c1)C1CCN(c2nc3ccc(F)cc3s2)CC1. The molecule has 0 atom stereocenters. The Bertz CT molecular complexity index is 1040. The van der Waals surface area contributed by atoms with E-state index in [0.717, 1.165) is 27.5 Å². The van der Waals surface area contributed by atoms with Crippen LogP contribution in [0.4, 0.5) is 28.4 Å². The molecule has 2 heterocycles. The van der Waals surface area contributed by atoms with E-state index in [1.807, 2.05) is 0 Å². The standard InChI is InChI=1S/C20H17F4N3OS/c21-14-4-5-16-17(11-14)29-19(26-16)27-8-6-12(7-9-27)18(28)25-15-3-1-2-13(10-15)20(22,23)24/h1-5,10-12H,6-9H2,(H,25,28). The number of alkyl halides is 3. The summed E-state index contributed by atoms with van der Waals surface area (Å²) in [5.74, 6) is -0.874. The van der Waals surface area contributed by atoms with Gasteiger partial charge in [-0.2, -0.15) is 13.2 Å². The third-order valence-electron chi connectivity index (χ3n) is 4.93. The summed E-state index contributed by atoms with van der Waals surface area (Å²) in [6, 6.07) is 9.09. The van der Waals surface area contributed by atoms with E-state index in [-0.39, 0.29) is 23.3 Å². The Labute approximate surface area is 168 Å². The molecule has 0 bridgehead atoms. The first-order valence-electron chi connectivity index (χ1n) is 9.09. The molecular formula is C20H17F4N3OS. The molecule has 2 aromatic carbocycles. The molecule has 0 aliphatic carbocycles. The minimum Gasteiger partial charge on any atom is -0.348 e. The van der Waals surface area contributed by atoms with Gasteiger partial charge in [-0.1, -0.05) is 17.4 Å². The summed E-state index contributed by atoms with van der Waals surface area (Å²) in [5, 5.41) is 3.37. The summed E-state index contributed by atoms with van der Waals surface area (Å²) in [7, 11) is 0. The number of hydrogen-bond donors (Lipinski definition) is 1. The lowest BCUT2D eigenvalue weighted by Gasteiger charge is -2.31. The molecule has 1 saturated heterocycles. The zero-order valence-corrected chi connectivity index (χ0v) is 16.0. The summed E-state index contributed by atoms with van der Waals surface area (Å²) in [4.78, 5) is 19.1. The molecular weight excluding hydrogens is 406 g/mol. The van der Waals surface area contributed by atoms with Crippen molar-refractivity contribution >= 4 is 38.3 Å². The van der Waals surface area contributed by atoms with Gasteiger partial charge in [0.15, 0.2) is 5.13 Å². The van der Waals surface area contributed by atoms with Gasteiger partial charge < -0.3 is 10.2 Å². The topological polar surface area (TPSA) is 45.2 Å². The molecule has 0 unspecified atom stereocenters. The van der Waals surface area contributed by atoms with Crippen LogP contribution in [0, 0.1) is 11.7 Å². The molecule has 1 fully saturated rings. The van der Waals surface area contributed by atoms with Crippen LogP contribution in [0.2, 0.25) is 0 Å². The first-order valence-corrected chi connectivity index (χ1v) is 9.90. The van der Waals surface area contributed by atoms with E-state index in [4.69, 9.17) is 0 Å². The number of halogens is 4. The van der Waals surface area contributed by atoms with Gasteiger partial charge in [0.1, 0.15) is 5.82 Å². The van der Waals surface area contributed by atoms with Gasteiger partial charge in [-0.05, 0) is 49.2 Å². The zero-order valence-electron chi connectivity index (χ0n) is 15.2. The Morgan fingerprint density at radius 2 is 1.90 bits per heavy atom. The van der Waals surface area contributed by atoms with Crippen LogP contribution in [-0.4, -0.2) is 24.0 Å². The van der Waals surface area contributed by atoms with Crippen LogP contribution >= 0.6 is 11.3 Å². The Hall–Kier alpha value is -2.68. The highest BCUT2D eigenvalue weighted by Gasteiger charge is 2.31. The molecule has 0 spiro atoms. The van der Waals surface area contributed by atoms with Gasteiger partial charge >= 0.3 is 6.18 Å². The molecule has 1 aliphatic rings. The third-order valence-corrected chi connectivity index (χ3v) is 6.01. The van der Waals surface area contributed by atoms with Gasteiger partial charge in [-0.15, -0.1) is 0 Å². The predicted octanol–water partition coefficient (Wildman–Crippen LogP) is 5.31. The van der Waals surface area contributed by atoms with Crippen molar-refractivity contribution in [3.05, 3.63) is 53.8 Å². The van der Waals surface area contributed by atoms with Crippen molar-refractivity contribution in [2.24, 2.45) is 5.92 Å². The number of piperidine rings is 1. The van der Waals surface area contributed by atoms with Crippen LogP contribution in [-0.2, 0) is 11.0 Å². The van der Waals surface area contributed by atoms with Gasteiger partial charge in [0.05, 0.1) is 15.8 Å². The molecule has 9 heteroatoms. The molecule has 152 valence electrons. The van der Waals surface area contributed by atoms with Crippen molar-refractivity contribution in [2.45, 2.75) is 19.0 Å². The summed E-state index contributed by atoms with van der Waals surface area (Å²) in [6.07, 6.45) is -3.32. The number of rotatable bonds is 3. The number of carbonyl (C=O) groups is 1. The predicted molar refractivity (Wildman–Crippen MR) is 105 cm³/mol. The maximum absolute atomic E-state index is 13.4. The highest BCUT2D eigenvalue weighted by Crippen LogP contribution is 2.33. The number of fused-ring (bicyclic) bond motifs is 1. The van der Waals surface area contributed by atoms with Crippen LogP contribution in [0.5, 0.6) is 0 Å².